The summed E-state index contributed by atoms with van der Waals surface area (Å²) >= 11 is 0. The van der Waals surface area contributed by atoms with Gasteiger partial charge in [0, 0.05) is 18.9 Å². The first-order valence-corrected chi connectivity index (χ1v) is 7.96. The quantitative estimate of drug-likeness (QED) is 0.309. The Hall–Kier alpha value is -0.0700. The molecule has 0 aliphatic carbocycles. The van der Waals surface area contributed by atoms with E-state index in [2.05, 4.69) is 4.99 Å². The molecule has 0 saturated heterocycles. The summed E-state index contributed by atoms with van der Waals surface area (Å²) in [5.41, 5.74) is 5.09. The molecule has 0 aromatic rings. The molecule has 0 fully saturated rings. The van der Waals surface area contributed by atoms with Crippen LogP contribution in [0.2, 0.25) is 0 Å². The molecule has 0 rings (SSSR count). The summed E-state index contributed by atoms with van der Waals surface area (Å²) in [5, 5.41) is 0. The lowest BCUT2D eigenvalue weighted by molar-refractivity contribution is 0.351. The third-order valence-corrected chi connectivity index (χ3v) is 3.75. The van der Waals surface area contributed by atoms with E-state index in [0.717, 1.165) is 0 Å². The van der Waals surface area contributed by atoms with Gasteiger partial charge in [0.1, 0.15) is 0 Å². The van der Waals surface area contributed by atoms with Gasteiger partial charge >= 0.3 is 15.2 Å². The minimum atomic E-state index is -4.39. The average Bonchev–Trinajstić information content (AvgIpc) is 2.06. The number of hydrogen-bond acceptors (Lipinski definition) is 4. The van der Waals surface area contributed by atoms with Crippen LogP contribution in [0, 0.1) is 0 Å². The fourth-order valence-corrected chi connectivity index (χ4v) is 2.37. The zero-order chi connectivity index (χ0) is 12.8. The van der Waals surface area contributed by atoms with Gasteiger partial charge in [0.15, 0.2) is 5.78 Å². The van der Waals surface area contributed by atoms with Crippen molar-refractivity contribution in [3.05, 3.63) is 0 Å². The van der Waals surface area contributed by atoms with E-state index in [-0.39, 0.29) is 19.4 Å². The van der Waals surface area contributed by atoms with Gasteiger partial charge in [0.2, 0.25) is 0 Å². The van der Waals surface area contributed by atoms with Gasteiger partial charge < -0.3 is 25.3 Å². The van der Waals surface area contributed by atoms with E-state index in [4.69, 9.17) is 25.3 Å². The Kier molecular flexibility index (Phi) is 6.58. The predicted octanol–water partition coefficient (Wildman–Crippen LogP) is -0.522. The van der Waals surface area contributed by atoms with Gasteiger partial charge in [-0.2, -0.15) is 0 Å². The highest BCUT2D eigenvalue weighted by Gasteiger charge is 2.28. The second-order valence-corrected chi connectivity index (χ2v) is 6.72. The van der Waals surface area contributed by atoms with Gasteiger partial charge in [-0.05, 0) is 12.8 Å². The van der Waals surface area contributed by atoms with E-state index >= 15 is 0 Å². The van der Waals surface area contributed by atoms with Gasteiger partial charge in [-0.15, -0.1) is 0 Å². The van der Waals surface area contributed by atoms with E-state index in [0.29, 0.717) is 0 Å². The zero-order valence-corrected chi connectivity index (χ0v) is 10.3. The monoisotopic (exact) mass is 274 g/mol. The molecule has 96 valence electrons. The van der Waals surface area contributed by atoms with Crippen LogP contribution >= 0.6 is 15.2 Å². The second-order valence-electron chi connectivity index (χ2n) is 3.17. The highest BCUT2D eigenvalue weighted by molar-refractivity contribution is 7.52. The molecule has 1 atom stereocenters. The van der Waals surface area contributed by atoms with Crippen molar-refractivity contribution >= 4 is 21.4 Å². The summed E-state index contributed by atoms with van der Waals surface area (Å²) in [5.74, 6) is -1.28. The predicted molar refractivity (Wildman–Crippen MR) is 59.5 cm³/mol. The lowest BCUT2D eigenvalue weighted by Crippen LogP contribution is -2.09. The van der Waals surface area contributed by atoms with Crippen molar-refractivity contribution < 1.29 is 28.7 Å². The van der Waals surface area contributed by atoms with Crippen LogP contribution in [-0.2, 0) is 9.13 Å². The van der Waals surface area contributed by atoms with Crippen LogP contribution in [0.3, 0.4) is 0 Å². The molecule has 0 aromatic heterocycles. The molecule has 1 unspecified atom stereocenters. The maximum atomic E-state index is 10.9. The second kappa shape index (κ2) is 6.61. The molecule has 0 aromatic carbocycles. The molecule has 0 bridgehead atoms. The Morgan fingerprint density at radius 1 is 1.25 bits per heavy atom. The Bertz CT molecular complexity index is 321. The van der Waals surface area contributed by atoms with Crippen molar-refractivity contribution in [3.8, 4) is 0 Å². The van der Waals surface area contributed by atoms with Crippen LogP contribution in [0.25, 0.3) is 0 Å². The maximum Gasteiger partial charge on any atom is 0.349 e. The maximum absolute atomic E-state index is 10.9. The molecule has 16 heavy (non-hydrogen) atoms. The van der Waals surface area contributed by atoms with Gasteiger partial charge in [0.25, 0.3) is 0 Å². The third kappa shape index (κ3) is 8.13. The minimum Gasteiger partial charge on any atom is -0.326 e. The molecule has 0 spiro atoms. The van der Waals surface area contributed by atoms with E-state index in [1.807, 2.05) is 0 Å². The van der Waals surface area contributed by atoms with Gasteiger partial charge in [-0.25, -0.2) is 0 Å². The fourth-order valence-electron chi connectivity index (χ4n) is 0.992. The van der Waals surface area contributed by atoms with Crippen LogP contribution < -0.4 is 5.73 Å². The molecule has 0 aliphatic rings. The van der Waals surface area contributed by atoms with Crippen molar-refractivity contribution in [1.29, 1.82) is 0 Å². The van der Waals surface area contributed by atoms with Crippen LogP contribution in [-0.4, -0.2) is 44.3 Å². The molecule has 10 heteroatoms. The smallest absolute Gasteiger partial charge is 0.326 e. The molecule has 8 nitrogen and oxygen atoms in total. The number of hydrogen-bond donors (Lipinski definition) is 5. The van der Waals surface area contributed by atoms with Crippen molar-refractivity contribution in [1.82, 2.24) is 0 Å². The molecule has 6 N–H and O–H groups in total. The van der Waals surface area contributed by atoms with E-state index in [1.54, 1.807) is 0 Å². The van der Waals surface area contributed by atoms with Crippen molar-refractivity contribution in [2.75, 3.05) is 12.7 Å². The normalized spacial score (nSPS) is 15.6. The standard InChI is InChI=1S/C6H16N2O6P2/c7-3-4-8-6(16(12,13)14)2-1-5-15(9,10)11/h4,6H,1-3,5,7H2,(H2,9,10,11)(H2,12,13,14). The van der Waals surface area contributed by atoms with Crippen LogP contribution in [0.4, 0.5) is 0 Å². The Morgan fingerprint density at radius 2 is 1.81 bits per heavy atom. The van der Waals surface area contributed by atoms with Crippen LogP contribution in [0.5, 0.6) is 0 Å². The summed E-state index contributed by atoms with van der Waals surface area (Å²) in [6, 6.07) is 0. The Morgan fingerprint density at radius 3 is 2.19 bits per heavy atom. The first-order valence-electron chi connectivity index (χ1n) is 4.48. The lowest BCUT2D eigenvalue weighted by Gasteiger charge is -2.14. The van der Waals surface area contributed by atoms with Crippen molar-refractivity contribution in [2.45, 2.75) is 18.6 Å². The SMILES string of the molecule is NCC=NC(CCCP(=O)(O)O)P(=O)(O)O. The summed E-state index contributed by atoms with van der Waals surface area (Å²) in [6.07, 6.45) is 0.650. The minimum absolute atomic E-state index is 0.0119. The summed E-state index contributed by atoms with van der Waals surface area (Å²) in [6.45, 7) is 0.0506. The van der Waals surface area contributed by atoms with Crippen molar-refractivity contribution in [2.24, 2.45) is 10.7 Å². The van der Waals surface area contributed by atoms with E-state index < -0.39 is 27.1 Å². The van der Waals surface area contributed by atoms with E-state index in [9.17, 15) is 9.13 Å². The molecular weight excluding hydrogens is 258 g/mol. The number of aliphatic imine (C=N–C) groups is 1. The highest BCUT2D eigenvalue weighted by atomic mass is 31.2. The Balaban J connectivity index is 4.30. The molecule has 0 radical (unpaired) electrons. The number of rotatable bonds is 7. The molecule has 0 heterocycles. The van der Waals surface area contributed by atoms with E-state index in [1.165, 1.54) is 6.21 Å². The topological polar surface area (TPSA) is 153 Å². The first kappa shape index (κ1) is 15.9. The summed E-state index contributed by atoms with van der Waals surface area (Å²) in [7, 11) is -8.52. The number of nitrogens with two attached hydrogens (primary N) is 1. The molecule has 0 saturated carbocycles. The van der Waals surface area contributed by atoms with Gasteiger partial charge in [0.05, 0.1) is 0 Å². The lowest BCUT2D eigenvalue weighted by atomic mass is 10.3. The number of nitrogens with zero attached hydrogens (tertiary/aromatic N) is 1. The Labute approximate surface area is 92.9 Å². The van der Waals surface area contributed by atoms with Crippen molar-refractivity contribution in [3.63, 3.8) is 0 Å². The molecular formula is C6H16N2O6P2. The zero-order valence-electron chi connectivity index (χ0n) is 8.51. The fraction of sp³-hybridized carbons (Fsp3) is 0.833. The molecule has 0 amide bonds. The van der Waals surface area contributed by atoms with Crippen LogP contribution in [0.1, 0.15) is 12.8 Å². The highest BCUT2D eigenvalue weighted by Crippen LogP contribution is 2.45. The largest absolute Gasteiger partial charge is 0.349 e. The summed E-state index contributed by atoms with van der Waals surface area (Å²) < 4.78 is 21.5. The van der Waals surface area contributed by atoms with Gasteiger partial charge in [-0.1, -0.05) is 0 Å². The average molecular weight is 274 g/mol. The van der Waals surface area contributed by atoms with Gasteiger partial charge in [-0.3, -0.25) is 14.1 Å². The third-order valence-electron chi connectivity index (χ3n) is 1.68. The molecule has 0 aliphatic heterocycles. The first-order chi connectivity index (χ1) is 7.17. The van der Waals surface area contributed by atoms with Crippen LogP contribution in [0.15, 0.2) is 4.99 Å². The summed E-state index contributed by atoms with van der Waals surface area (Å²) in [4.78, 5) is 38.5.